The summed E-state index contributed by atoms with van der Waals surface area (Å²) in [6.45, 7) is 3.14. The van der Waals surface area contributed by atoms with Gasteiger partial charge in [-0.1, -0.05) is 11.6 Å². The molecule has 0 spiro atoms. The van der Waals surface area contributed by atoms with Gasteiger partial charge in [-0.05, 0) is 42.8 Å². The fourth-order valence-electron chi connectivity index (χ4n) is 2.29. The zero-order valence-corrected chi connectivity index (χ0v) is 15.9. The van der Waals surface area contributed by atoms with Gasteiger partial charge in [-0.25, -0.2) is 0 Å². The van der Waals surface area contributed by atoms with Crippen LogP contribution in [0, 0.1) is 0 Å². The first-order valence-corrected chi connectivity index (χ1v) is 8.95. The second-order valence-electron chi connectivity index (χ2n) is 5.14. The SMILES string of the molecule is CCOc1cc(/C=C2/SC(=O)N(CCCOC)C2=O)c(Cl)cc1OC. The van der Waals surface area contributed by atoms with Crippen molar-refractivity contribution in [2.24, 2.45) is 0 Å². The summed E-state index contributed by atoms with van der Waals surface area (Å²) >= 11 is 7.17. The molecule has 1 aliphatic heterocycles. The molecule has 8 heteroatoms. The lowest BCUT2D eigenvalue weighted by molar-refractivity contribution is -0.122. The number of thioether (sulfide) groups is 1. The number of nitrogens with zero attached hydrogens (tertiary/aromatic N) is 1. The fourth-order valence-corrected chi connectivity index (χ4v) is 3.35. The van der Waals surface area contributed by atoms with Gasteiger partial charge in [0.15, 0.2) is 11.5 Å². The van der Waals surface area contributed by atoms with Gasteiger partial charge in [-0.15, -0.1) is 0 Å². The van der Waals surface area contributed by atoms with Crippen LogP contribution in [-0.2, 0) is 9.53 Å². The number of imide groups is 1. The molecular weight excluding hydrogens is 366 g/mol. The number of rotatable bonds is 8. The van der Waals surface area contributed by atoms with Crippen molar-refractivity contribution in [1.82, 2.24) is 4.90 Å². The molecule has 0 saturated carbocycles. The van der Waals surface area contributed by atoms with Crippen LogP contribution >= 0.6 is 23.4 Å². The summed E-state index contributed by atoms with van der Waals surface area (Å²) in [5.41, 5.74) is 0.591. The lowest BCUT2D eigenvalue weighted by atomic mass is 10.1. The topological polar surface area (TPSA) is 65.1 Å². The molecule has 1 heterocycles. The number of halogens is 1. The Kier molecular flexibility index (Phi) is 7.16. The van der Waals surface area contributed by atoms with Crippen molar-refractivity contribution in [3.8, 4) is 11.5 Å². The summed E-state index contributed by atoms with van der Waals surface area (Å²) in [6, 6.07) is 3.32. The highest BCUT2D eigenvalue weighted by atomic mass is 35.5. The van der Waals surface area contributed by atoms with E-state index >= 15 is 0 Å². The quantitative estimate of drug-likeness (QED) is 0.500. The molecule has 1 aromatic carbocycles. The summed E-state index contributed by atoms with van der Waals surface area (Å²) in [6.07, 6.45) is 2.20. The van der Waals surface area contributed by atoms with E-state index in [1.807, 2.05) is 6.92 Å². The van der Waals surface area contributed by atoms with Crippen molar-refractivity contribution >= 4 is 40.6 Å². The Labute approximate surface area is 156 Å². The predicted octanol–water partition coefficient (Wildman–Crippen LogP) is 3.82. The summed E-state index contributed by atoms with van der Waals surface area (Å²) in [5, 5.41) is 0.119. The molecule has 1 saturated heterocycles. The Morgan fingerprint density at radius 2 is 2.00 bits per heavy atom. The number of benzene rings is 1. The maximum atomic E-state index is 12.4. The minimum atomic E-state index is -0.323. The Hall–Kier alpha value is -1.70. The van der Waals surface area contributed by atoms with Crippen molar-refractivity contribution in [3.05, 3.63) is 27.6 Å². The van der Waals surface area contributed by atoms with Crippen molar-refractivity contribution in [3.63, 3.8) is 0 Å². The molecule has 1 aromatic rings. The van der Waals surface area contributed by atoms with E-state index in [4.69, 9.17) is 25.8 Å². The van der Waals surface area contributed by atoms with E-state index in [9.17, 15) is 9.59 Å². The smallest absolute Gasteiger partial charge is 0.293 e. The van der Waals surface area contributed by atoms with Gasteiger partial charge in [0.2, 0.25) is 0 Å². The molecule has 0 atom stereocenters. The van der Waals surface area contributed by atoms with Crippen LogP contribution in [0.25, 0.3) is 6.08 Å². The number of ether oxygens (including phenoxy) is 3. The molecule has 0 aromatic heterocycles. The zero-order chi connectivity index (χ0) is 18.4. The third-order valence-electron chi connectivity index (χ3n) is 3.47. The second-order valence-corrected chi connectivity index (χ2v) is 6.54. The Morgan fingerprint density at radius 1 is 1.24 bits per heavy atom. The van der Waals surface area contributed by atoms with E-state index in [2.05, 4.69) is 0 Å². The van der Waals surface area contributed by atoms with Crippen LogP contribution in [0.5, 0.6) is 11.5 Å². The van der Waals surface area contributed by atoms with E-state index in [1.54, 1.807) is 25.3 Å². The van der Waals surface area contributed by atoms with E-state index < -0.39 is 0 Å². The van der Waals surface area contributed by atoms with Crippen LogP contribution in [0.15, 0.2) is 17.0 Å². The van der Waals surface area contributed by atoms with Crippen LogP contribution in [0.2, 0.25) is 5.02 Å². The number of carbonyl (C=O) groups is 2. The van der Waals surface area contributed by atoms with Gasteiger partial charge in [0.25, 0.3) is 11.1 Å². The molecule has 2 amide bonds. The molecule has 0 unspecified atom stereocenters. The van der Waals surface area contributed by atoms with Crippen LogP contribution in [-0.4, -0.2) is 50.0 Å². The van der Waals surface area contributed by atoms with E-state index in [0.29, 0.717) is 53.2 Å². The first kappa shape index (κ1) is 19.6. The maximum Gasteiger partial charge on any atom is 0.293 e. The standard InChI is InChI=1S/C17H20ClNO5S/c1-4-24-14-8-11(12(18)10-13(14)23-3)9-15-16(20)19(17(21)25-15)6-5-7-22-2/h8-10H,4-7H2,1-3H3/b15-9+. The van der Waals surface area contributed by atoms with Crippen molar-refractivity contribution in [2.75, 3.05) is 34.0 Å². The maximum absolute atomic E-state index is 12.4. The number of hydrogen-bond donors (Lipinski definition) is 0. The van der Waals surface area contributed by atoms with Crippen LogP contribution in [0.4, 0.5) is 4.79 Å². The van der Waals surface area contributed by atoms with Gasteiger partial charge >= 0.3 is 0 Å². The van der Waals surface area contributed by atoms with E-state index in [-0.39, 0.29) is 11.1 Å². The van der Waals surface area contributed by atoms with Crippen molar-refractivity contribution in [1.29, 1.82) is 0 Å². The average Bonchev–Trinajstić information content (AvgIpc) is 2.85. The third kappa shape index (κ3) is 4.68. The molecule has 0 N–H and O–H groups in total. The lowest BCUT2D eigenvalue weighted by Gasteiger charge is -2.12. The summed E-state index contributed by atoms with van der Waals surface area (Å²) in [4.78, 5) is 26.0. The first-order chi connectivity index (χ1) is 12.0. The molecule has 1 fully saturated rings. The highest BCUT2D eigenvalue weighted by Gasteiger charge is 2.34. The second kappa shape index (κ2) is 9.12. The normalized spacial score (nSPS) is 16.0. The predicted molar refractivity (Wildman–Crippen MR) is 98.3 cm³/mol. The first-order valence-electron chi connectivity index (χ1n) is 7.76. The number of carbonyl (C=O) groups excluding carboxylic acids is 2. The van der Waals surface area contributed by atoms with Crippen LogP contribution < -0.4 is 9.47 Å². The van der Waals surface area contributed by atoms with Crippen LogP contribution in [0.3, 0.4) is 0 Å². The molecule has 6 nitrogen and oxygen atoms in total. The Balaban J connectivity index is 2.26. The minimum Gasteiger partial charge on any atom is -0.493 e. The number of methoxy groups -OCH3 is 2. The summed E-state index contributed by atoms with van der Waals surface area (Å²) in [5.74, 6) is 0.715. The monoisotopic (exact) mass is 385 g/mol. The highest BCUT2D eigenvalue weighted by Crippen LogP contribution is 2.37. The summed E-state index contributed by atoms with van der Waals surface area (Å²) < 4.78 is 15.7. The zero-order valence-electron chi connectivity index (χ0n) is 14.3. The minimum absolute atomic E-state index is 0.290. The molecule has 0 radical (unpaired) electrons. The average molecular weight is 386 g/mol. The lowest BCUT2D eigenvalue weighted by Crippen LogP contribution is -2.29. The number of hydrogen-bond acceptors (Lipinski definition) is 6. The molecule has 25 heavy (non-hydrogen) atoms. The van der Waals surface area contributed by atoms with Gasteiger partial charge in [0.05, 0.1) is 23.6 Å². The fraction of sp³-hybridized carbons (Fsp3) is 0.412. The van der Waals surface area contributed by atoms with Gasteiger partial charge in [0.1, 0.15) is 0 Å². The van der Waals surface area contributed by atoms with Crippen LogP contribution in [0.1, 0.15) is 18.9 Å². The van der Waals surface area contributed by atoms with Crippen molar-refractivity contribution < 1.29 is 23.8 Å². The van der Waals surface area contributed by atoms with E-state index in [0.717, 1.165) is 11.8 Å². The van der Waals surface area contributed by atoms with Gasteiger partial charge in [0, 0.05) is 26.3 Å². The van der Waals surface area contributed by atoms with Gasteiger partial charge in [-0.2, -0.15) is 0 Å². The Bertz CT molecular complexity index is 692. The number of amides is 2. The largest absolute Gasteiger partial charge is 0.493 e. The molecule has 1 aliphatic rings. The highest BCUT2D eigenvalue weighted by molar-refractivity contribution is 8.18. The van der Waals surface area contributed by atoms with E-state index in [1.165, 1.54) is 12.0 Å². The molecule has 0 bridgehead atoms. The van der Waals surface area contributed by atoms with Crippen molar-refractivity contribution in [2.45, 2.75) is 13.3 Å². The summed E-state index contributed by atoms with van der Waals surface area (Å²) in [7, 11) is 3.11. The van der Waals surface area contributed by atoms with Gasteiger partial charge in [-0.3, -0.25) is 14.5 Å². The molecular formula is C17H20ClNO5S. The molecule has 136 valence electrons. The molecule has 0 aliphatic carbocycles. The molecule has 2 rings (SSSR count). The third-order valence-corrected chi connectivity index (χ3v) is 4.71. The Morgan fingerprint density at radius 3 is 2.64 bits per heavy atom. The van der Waals surface area contributed by atoms with Gasteiger partial charge < -0.3 is 14.2 Å².